The summed E-state index contributed by atoms with van der Waals surface area (Å²) < 4.78 is 5.11. The van der Waals surface area contributed by atoms with E-state index in [1.165, 1.54) is 25.7 Å². The molecule has 3 rings (SSSR count). The predicted molar refractivity (Wildman–Crippen MR) is 138 cm³/mol. The van der Waals surface area contributed by atoms with Gasteiger partial charge in [0.2, 0.25) is 0 Å². The van der Waals surface area contributed by atoms with Crippen molar-refractivity contribution in [3.63, 3.8) is 0 Å². The lowest BCUT2D eigenvalue weighted by molar-refractivity contribution is -0.139. The molecule has 1 heterocycles. The van der Waals surface area contributed by atoms with Crippen molar-refractivity contribution in [3.8, 4) is 11.1 Å². The standard InChI is InChI=1S/C29H38N2O3/c1-3-5-7-12-20-31(21-13-8-6-4-2)28(27-26(32)22-34-29(27)33)30-25-18-16-24(17-19-25)23-14-10-9-11-15-23/h9-11,14-19,27H,3-8,12-13,20-22H2,1-2H3. The van der Waals surface area contributed by atoms with Gasteiger partial charge in [0, 0.05) is 13.1 Å². The van der Waals surface area contributed by atoms with Crippen molar-refractivity contribution in [2.24, 2.45) is 10.9 Å². The number of aliphatic imine (C=N–C) groups is 1. The molecule has 0 bridgehead atoms. The van der Waals surface area contributed by atoms with E-state index in [-0.39, 0.29) is 12.4 Å². The zero-order valence-corrected chi connectivity index (χ0v) is 20.7. The average molecular weight is 463 g/mol. The minimum atomic E-state index is -0.925. The van der Waals surface area contributed by atoms with Crippen LogP contribution in [0.3, 0.4) is 0 Å². The molecule has 2 aromatic carbocycles. The number of hydrogen-bond acceptors (Lipinski definition) is 4. The molecule has 1 unspecified atom stereocenters. The molecule has 2 aromatic rings. The van der Waals surface area contributed by atoms with E-state index >= 15 is 0 Å². The fourth-order valence-corrected chi connectivity index (χ4v) is 4.30. The number of hydrogen-bond donors (Lipinski definition) is 0. The summed E-state index contributed by atoms with van der Waals surface area (Å²) >= 11 is 0. The van der Waals surface area contributed by atoms with Crippen LogP contribution in [0.25, 0.3) is 11.1 Å². The Kier molecular flexibility index (Phi) is 10.3. The third-order valence-corrected chi connectivity index (χ3v) is 6.28. The van der Waals surface area contributed by atoms with Crippen LogP contribution >= 0.6 is 0 Å². The number of amidine groups is 1. The Bertz CT molecular complexity index is 910. The van der Waals surface area contributed by atoms with Gasteiger partial charge in [-0.15, -0.1) is 0 Å². The van der Waals surface area contributed by atoms with Gasteiger partial charge in [-0.25, -0.2) is 4.99 Å². The molecule has 1 atom stereocenters. The van der Waals surface area contributed by atoms with Gasteiger partial charge in [0.1, 0.15) is 5.84 Å². The van der Waals surface area contributed by atoms with E-state index in [9.17, 15) is 9.59 Å². The number of carbonyl (C=O) groups is 2. The molecule has 0 N–H and O–H groups in total. The van der Waals surface area contributed by atoms with Crippen molar-refractivity contribution in [2.75, 3.05) is 19.7 Å². The molecule has 1 saturated heterocycles. The zero-order chi connectivity index (χ0) is 24.2. The first-order valence-electron chi connectivity index (χ1n) is 12.8. The summed E-state index contributed by atoms with van der Waals surface area (Å²) in [5, 5.41) is 0. The fraction of sp³-hybridized carbons (Fsp3) is 0.483. The number of esters is 1. The Morgan fingerprint density at radius 3 is 1.94 bits per heavy atom. The molecule has 0 aromatic heterocycles. The molecule has 0 radical (unpaired) electrons. The summed E-state index contributed by atoms with van der Waals surface area (Å²) in [6.45, 7) is 5.83. The summed E-state index contributed by atoms with van der Waals surface area (Å²) in [7, 11) is 0. The molecule has 0 aliphatic carbocycles. The second kappa shape index (κ2) is 13.7. The normalized spacial score (nSPS) is 16.1. The van der Waals surface area contributed by atoms with Gasteiger partial charge in [0.05, 0.1) is 5.69 Å². The first-order valence-corrected chi connectivity index (χ1v) is 12.8. The number of rotatable bonds is 13. The van der Waals surface area contributed by atoms with Gasteiger partial charge in [0.15, 0.2) is 18.3 Å². The van der Waals surface area contributed by atoms with Crippen molar-refractivity contribution in [2.45, 2.75) is 65.2 Å². The van der Waals surface area contributed by atoms with Gasteiger partial charge in [-0.2, -0.15) is 0 Å². The van der Waals surface area contributed by atoms with Crippen LogP contribution in [-0.2, 0) is 14.3 Å². The van der Waals surface area contributed by atoms with Crippen LogP contribution in [0.2, 0.25) is 0 Å². The van der Waals surface area contributed by atoms with Crippen molar-refractivity contribution in [1.82, 2.24) is 4.90 Å². The molecule has 1 aliphatic heterocycles. The lowest BCUT2D eigenvalue weighted by Gasteiger charge is -2.28. The molecule has 182 valence electrons. The second-order valence-corrected chi connectivity index (χ2v) is 9.00. The van der Waals surface area contributed by atoms with E-state index < -0.39 is 11.9 Å². The minimum absolute atomic E-state index is 0.158. The lowest BCUT2D eigenvalue weighted by Crippen LogP contribution is -2.42. The maximum Gasteiger partial charge on any atom is 0.324 e. The van der Waals surface area contributed by atoms with Gasteiger partial charge in [0.25, 0.3) is 0 Å². The molecule has 34 heavy (non-hydrogen) atoms. The van der Waals surface area contributed by atoms with Crippen molar-refractivity contribution >= 4 is 23.3 Å². The van der Waals surface area contributed by atoms with Crippen molar-refractivity contribution in [1.29, 1.82) is 0 Å². The fourth-order valence-electron chi connectivity index (χ4n) is 4.30. The van der Waals surface area contributed by atoms with E-state index in [4.69, 9.17) is 9.73 Å². The van der Waals surface area contributed by atoms with Gasteiger partial charge in [-0.3, -0.25) is 9.59 Å². The molecule has 1 fully saturated rings. The highest BCUT2D eigenvalue weighted by Crippen LogP contribution is 2.25. The Hall–Kier alpha value is -2.95. The molecule has 0 saturated carbocycles. The molecule has 1 aliphatic rings. The average Bonchev–Trinajstić information content (AvgIpc) is 3.20. The molecular weight excluding hydrogens is 424 g/mol. The topological polar surface area (TPSA) is 59.0 Å². The largest absolute Gasteiger partial charge is 0.457 e. The van der Waals surface area contributed by atoms with E-state index in [0.717, 1.165) is 55.6 Å². The Morgan fingerprint density at radius 1 is 0.824 bits per heavy atom. The van der Waals surface area contributed by atoms with Crippen LogP contribution in [-0.4, -0.2) is 42.2 Å². The lowest BCUT2D eigenvalue weighted by atomic mass is 10.0. The Labute approximate surface area is 204 Å². The van der Waals surface area contributed by atoms with Gasteiger partial charge in [-0.05, 0) is 36.1 Å². The number of benzene rings is 2. The van der Waals surface area contributed by atoms with E-state index in [1.807, 2.05) is 42.5 Å². The number of ketones is 1. The quantitative estimate of drug-likeness (QED) is 0.111. The number of unbranched alkanes of at least 4 members (excludes halogenated alkanes) is 6. The van der Waals surface area contributed by atoms with Gasteiger partial charge in [-0.1, -0.05) is 94.8 Å². The SMILES string of the molecule is CCCCCCN(CCCCCC)C(=Nc1ccc(-c2ccccc2)cc1)C1C(=O)COC1=O. The van der Waals surface area contributed by atoms with E-state index in [0.29, 0.717) is 5.84 Å². The number of cyclic esters (lactones) is 1. The van der Waals surface area contributed by atoms with Crippen molar-refractivity contribution < 1.29 is 14.3 Å². The van der Waals surface area contributed by atoms with Gasteiger partial charge >= 0.3 is 5.97 Å². The van der Waals surface area contributed by atoms with E-state index in [2.05, 4.69) is 30.9 Å². The van der Waals surface area contributed by atoms with Crippen LogP contribution in [0.1, 0.15) is 65.2 Å². The minimum Gasteiger partial charge on any atom is -0.457 e. The van der Waals surface area contributed by atoms with Gasteiger partial charge < -0.3 is 9.64 Å². The summed E-state index contributed by atoms with van der Waals surface area (Å²) in [4.78, 5) is 32.3. The van der Waals surface area contributed by atoms with Crippen LogP contribution in [0.4, 0.5) is 5.69 Å². The Morgan fingerprint density at radius 2 is 1.41 bits per heavy atom. The van der Waals surface area contributed by atoms with Crippen LogP contribution in [0.5, 0.6) is 0 Å². The summed E-state index contributed by atoms with van der Waals surface area (Å²) in [6.07, 6.45) is 8.99. The molecular formula is C29H38N2O3. The number of Topliss-reactive ketones (excluding diaryl/α,β-unsaturated/α-hetero) is 1. The highest BCUT2D eigenvalue weighted by Gasteiger charge is 2.41. The number of carbonyl (C=O) groups excluding carboxylic acids is 2. The van der Waals surface area contributed by atoms with Crippen LogP contribution in [0.15, 0.2) is 59.6 Å². The third-order valence-electron chi connectivity index (χ3n) is 6.28. The first kappa shape index (κ1) is 25.7. The maximum absolute atomic E-state index is 12.7. The summed E-state index contributed by atoms with van der Waals surface area (Å²) in [6, 6.07) is 18.2. The molecule has 0 spiro atoms. The third kappa shape index (κ3) is 7.28. The summed E-state index contributed by atoms with van der Waals surface area (Å²) in [5.74, 6) is -1.05. The zero-order valence-electron chi connectivity index (χ0n) is 20.7. The molecule has 0 amide bonds. The maximum atomic E-state index is 12.7. The summed E-state index contributed by atoms with van der Waals surface area (Å²) in [5.41, 5.74) is 2.99. The van der Waals surface area contributed by atoms with Crippen molar-refractivity contribution in [3.05, 3.63) is 54.6 Å². The Balaban J connectivity index is 1.88. The smallest absolute Gasteiger partial charge is 0.324 e. The first-order chi connectivity index (χ1) is 16.6. The number of ether oxygens (including phenoxy) is 1. The second-order valence-electron chi connectivity index (χ2n) is 9.00. The highest BCUT2D eigenvalue weighted by molar-refractivity contribution is 6.22. The molecule has 5 heteroatoms. The van der Waals surface area contributed by atoms with E-state index in [1.54, 1.807) is 0 Å². The number of nitrogens with zero attached hydrogens (tertiary/aromatic N) is 2. The predicted octanol–water partition coefficient (Wildman–Crippen LogP) is 6.59. The highest BCUT2D eigenvalue weighted by atomic mass is 16.5. The van der Waals surface area contributed by atoms with Crippen LogP contribution < -0.4 is 0 Å². The molecule has 5 nitrogen and oxygen atoms in total. The van der Waals surface area contributed by atoms with Crippen LogP contribution in [0, 0.1) is 5.92 Å². The monoisotopic (exact) mass is 462 g/mol.